The largest absolute Gasteiger partial charge is 0.488 e. The van der Waals surface area contributed by atoms with Gasteiger partial charge in [-0.3, -0.25) is 9.69 Å². The summed E-state index contributed by atoms with van der Waals surface area (Å²) in [5, 5.41) is 2.76. The van der Waals surface area contributed by atoms with E-state index in [0.717, 1.165) is 88.0 Å². The van der Waals surface area contributed by atoms with E-state index >= 15 is 0 Å². The molecule has 14 nitrogen and oxygen atoms in total. The molecule has 59 heavy (non-hydrogen) atoms. The van der Waals surface area contributed by atoms with Crippen molar-refractivity contribution in [3.63, 3.8) is 0 Å². The molecule has 2 saturated heterocycles. The standard InChI is InChI=1S/C45H57N7O7/c1-23(2)38(50-43(54)57-9)42(53)52-25(4)10-13-35(52)41-47-33-14-24(3)30-17-31-29-12-11-27(16-28(29)22-58-37(31)18-32(30)39(33)49-41)34-19-46-40(48-34)36-15-26(21-56-8)20-51(36)44(55)59-45(5,6)7/h11-12,16-19,23-26,35-36,38H,10,13-15,20-22H2,1-9H3,(H,46,48)(H,47,49)(H,50,54)/t24?,25-,26-,35-,36-,38?/m0/s1. The number of carbonyl (C=O) groups excluding carboxylic acids is 3. The van der Waals surface area contributed by atoms with E-state index < -0.39 is 17.7 Å². The summed E-state index contributed by atoms with van der Waals surface area (Å²) in [6.07, 6.45) is 3.99. The predicted octanol–water partition coefficient (Wildman–Crippen LogP) is 8.06. The molecular weight excluding hydrogens is 751 g/mol. The number of methoxy groups -OCH3 is 2. The first kappa shape index (κ1) is 40.4. The number of likely N-dealkylation sites (tertiary alicyclic amines) is 2. The molecule has 0 bridgehead atoms. The lowest BCUT2D eigenvalue weighted by molar-refractivity contribution is -0.137. The number of amides is 3. The number of hydrogen-bond donors (Lipinski definition) is 3. The Morgan fingerprint density at radius 1 is 1.00 bits per heavy atom. The van der Waals surface area contributed by atoms with Gasteiger partial charge in [0.1, 0.15) is 35.6 Å². The molecule has 314 valence electrons. The average molecular weight is 808 g/mol. The van der Waals surface area contributed by atoms with Crippen LogP contribution in [-0.2, 0) is 32.0 Å². The van der Waals surface area contributed by atoms with Crippen LogP contribution in [0.1, 0.15) is 114 Å². The second-order valence-corrected chi connectivity index (χ2v) is 18.1. The number of nitrogens with zero attached hydrogens (tertiary/aromatic N) is 4. The zero-order chi connectivity index (χ0) is 41.9. The fourth-order valence-electron chi connectivity index (χ4n) is 9.41. The molecule has 0 saturated carbocycles. The molecule has 14 heteroatoms. The fourth-order valence-corrected chi connectivity index (χ4v) is 9.41. The molecule has 3 aliphatic heterocycles. The van der Waals surface area contributed by atoms with Gasteiger partial charge in [0.25, 0.3) is 0 Å². The molecule has 2 aromatic carbocycles. The van der Waals surface area contributed by atoms with Crippen LogP contribution in [0.15, 0.2) is 36.5 Å². The third-order valence-electron chi connectivity index (χ3n) is 12.3. The van der Waals surface area contributed by atoms with E-state index in [1.165, 1.54) is 12.7 Å². The first-order valence-corrected chi connectivity index (χ1v) is 20.9. The van der Waals surface area contributed by atoms with Crippen molar-refractivity contribution in [1.82, 2.24) is 35.1 Å². The second kappa shape index (κ2) is 15.7. The van der Waals surface area contributed by atoms with Gasteiger partial charge in [-0.05, 0) is 106 Å². The first-order chi connectivity index (χ1) is 28.1. The third kappa shape index (κ3) is 7.67. The molecule has 4 aliphatic rings. The van der Waals surface area contributed by atoms with E-state index in [0.29, 0.717) is 19.8 Å². The molecule has 3 N–H and O–H groups in total. The normalized spacial score (nSPS) is 22.6. The summed E-state index contributed by atoms with van der Waals surface area (Å²) in [6, 6.07) is 9.62. The maximum absolute atomic E-state index is 14.0. The van der Waals surface area contributed by atoms with Gasteiger partial charge < -0.3 is 39.1 Å². The molecule has 1 aliphatic carbocycles. The van der Waals surface area contributed by atoms with Crippen molar-refractivity contribution in [2.24, 2.45) is 11.8 Å². The fraction of sp³-hybridized carbons (Fsp3) is 0.533. The minimum absolute atomic E-state index is 0.00600. The van der Waals surface area contributed by atoms with Crippen molar-refractivity contribution in [3.8, 4) is 39.4 Å². The summed E-state index contributed by atoms with van der Waals surface area (Å²) < 4.78 is 22.5. The molecule has 2 aromatic heterocycles. The van der Waals surface area contributed by atoms with Crippen molar-refractivity contribution in [3.05, 3.63) is 65.0 Å². The van der Waals surface area contributed by atoms with Crippen molar-refractivity contribution in [1.29, 1.82) is 0 Å². The Hall–Kier alpha value is -5.37. The van der Waals surface area contributed by atoms with Crippen LogP contribution in [0.2, 0.25) is 0 Å². The maximum Gasteiger partial charge on any atom is 0.410 e. The predicted molar refractivity (Wildman–Crippen MR) is 222 cm³/mol. The highest BCUT2D eigenvalue weighted by atomic mass is 16.6. The summed E-state index contributed by atoms with van der Waals surface area (Å²) in [4.78, 5) is 60.2. The third-order valence-corrected chi connectivity index (χ3v) is 12.3. The van der Waals surface area contributed by atoms with Gasteiger partial charge in [-0.1, -0.05) is 32.9 Å². The lowest BCUT2D eigenvalue weighted by Crippen LogP contribution is -2.52. The average Bonchev–Trinajstić information content (AvgIpc) is 4.01. The number of alkyl carbamates (subject to hydrolysis) is 1. The highest BCUT2D eigenvalue weighted by molar-refractivity contribution is 5.87. The lowest BCUT2D eigenvalue weighted by atomic mass is 9.81. The van der Waals surface area contributed by atoms with E-state index in [1.807, 2.05) is 45.7 Å². The molecule has 6 atom stereocenters. The number of rotatable bonds is 8. The summed E-state index contributed by atoms with van der Waals surface area (Å²) in [5.41, 5.74) is 8.71. The van der Waals surface area contributed by atoms with Crippen LogP contribution in [0.25, 0.3) is 33.6 Å². The minimum Gasteiger partial charge on any atom is -0.488 e. The van der Waals surface area contributed by atoms with Gasteiger partial charge in [0.2, 0.25) is 5.91 Å². The summed E-state index contributed by atoms with van der Waals surface area (Å²) in [7, 11) is 2.99. The van der Waals surface area contributed by atoms with Crippen LogP contribution in [-0.4, -0.2) is 92.9 Å². The van der Waals surface area contributed by atoms with Gasteiger partial charge in [-0.25, -0.2) is 19.6 Å². The number of imidazole rings is 2. The van der Waals surface area contributed by atoms with Crippen molar-refractivity contribution >= 4 is 18.1 Å². The van der Waals surface area contributed by atoms with Crippen molar-refractivity contribution in [2.75, 3.05) is 27.4 Å². The highest BCUT2D eigenvalue weighted by Crippen LogP contribution is 2.48. The number of ether oxygens (including phenoxy) is 4. The Balaban J connectivity index is 1.05. The van der Waals surface area contributed by atoms with E-state index in [2.05, 4.69) is 59.5 Å². The number of nitrogens with one attached hydrogen (secondary N) is 3. The van der Waals surface area contributed by atoms with Gasteiger partial charge in [-0.15, -0.1) is 0 Å². The molecule has 3 amide bonds. The Morgan fingerprint density at radius 2 is 1.80 bits per heavy atom. The smallest absolute Gasteiger partial charge is 0.410 e. The van der Waals surface area contributed by atoms with E-state index in [9.17, 15) is 14.4 Å². The van der Waals surface area contributed by atoms with Crippen LogP contribution in [0.4, 0.5) is 9.59 Å². The maximum atomic E-state index is 14.0. The van der Waals surface area contributed by atoms with Gasteiger partial charge >= 0.3 is 12.2 Å². The molecule has 2 unspecified atom stereocenters. The van der Waals surface area contributed by atoms with Crippen LogP contribution in [0, 0.1) is 11.8 Å². The zero-order valence-electron chi connectivity index (χ0n) is 35.6. The summed E-state index contributed by atoms with van der Waals surface area (Å²) in [6.45, 7) is 15.3. The Kier molecular flexibility index (Phi) is 10.7. The number of H-pyrrole nitrogens is 2. The van der Waals surface area contributed by atoms with Crippen LogP contribution in [0.5, 0.6) is 5.75 Å². The number of aromatic amines is 2. The van der Waals surface area contributed by atoms with E-state index in [1.54, 1.807) is 12.0 Å². The van der Waals surface area contributed by atoms with Crippen molar-refractivity contribution < 1.29 is 33.3 Å². The first-order valence-electron chi connectivity index (χ1n) is 20.9. The summed E-state index contributed by atoms with van der Waals surface area (Å²) >= 11 is 0. The lowest BCUT2D eigenvalue weighted by Gasteiger charge is -2.32. The Morgan fingerprint density at radius 3 is 2.53 bits per heavy atom. The molecule has 8 rings (SSSR count). The SMILES string of the molecule is COC[C@H]1C[C@@H](c2ncc(-c3ccc4c(c3)COc3cc5c(cc3-4)C(C)Cc3[nH]c([C@@H]4CC[C@H](C)N4C(=O)C(NC(=O)OC)C(C)C)nc3-5)[nH]2)N(C(=O)OC(C)(C)C)C1. The van der Waals surface area contributed by atoms with E-state index in [-0.39, 0.29) is 47.9 Å². The quantitative estimate of drug-likeness (QED) is 0.160. The number of aromatic nitrogens is 4. The van der Waals surface area contributed by atoms with E-state index in [4.69, 9.17) is 28.9 Å². The molecular formula is C45H57N7O7. The highest BCUT2D eigenvalue weighted by Gasteiger charge is 2.43. The van der Waals surface area contributed by atoms with Gasteiger partial charge in [-0.2, -0.15) is 0 Å². The van der Waals surface area contributed by atoms with Crippen LogP contribution >= 0.6 is 0 Å². The second-order valence-electron chi connectivity index (χ2n) is 18.1. The number of benzene rings is 2. The topological polar surface area (TPSA) is 164 Å². The molecule has 0 radical (unpaired) electrons. The number of hydrogen-bond acceptors (Lipinski definition) is 9. The summed E-state index contributed by atoms with van der Waals surface area (Å²) in [5.74, 6) is 2.46. The van der Waals surface area contributed by atoms with Gasteiger partial charge in [0.05, 0.1) is 43.4 Å². The van der Waals surface area contributed by atoms with Crippen LogP contribution in [0.3, 0.4) is 0 Å². The minimum atomic E-state index is -0.710. The number of fused-ring (bicyclic) bond motifs is 6. The molecule has 2 fully saturated rings. The Labute approximate surface area is 345 Å². The van der Waals surface area contributed by atoms with Gasteiger partial charge in [0.15, 0.2) is 0 Å². The monoisotopic (exact) mass is 807 g/mol. The molecule has 5 heterocycles. The van der Waals surface area contributed by atoms with Crippen molar-refractivity contribution in [2.45, 2.75) is 116 Å². The van der Waals surface area contributed by atoms with Crippen LogP contribution < -0.4 is 10.1 Å². The molecule has 4 aromatic rings. The zero-order valence-corrected chi connectivity index (χ0v) is 35.6. The Bertz CT molecular complexity index is 2260. The molecule has 0 spiro atoms. The number of carbonyl (C=O) groups is 3. The van der Waals surface area contributed by atoms with Gasteiger partial charge in [0, 0.05) is 42.4 Å².